The fourth-order valence-corrected chi connectivity index (χ4v) is 3.68. The Morgan fingerprint density at radius 2 is 2.03 bits per heavy atom. The molecule has 0 aromatic heterocycles. The summed E-state index contributed by atoms with van der Waals surface area (Å²) in [4.78, 5) is 38.6. The number of carbonyl (C=O) groups excluding carboxylic acids is 3. The van der Waals surface area contributed by atoms with Gasteiger partial charge in [-0.15, -0.1) is 0 Å². The Morgan fingerprint density at radius 1 is 1.31 bits per heavy atom. The van der Waals surface area contributed by atoms with Crippen molar-refractivity contribution in [3.8, 4) is 0 Å². The Balaban J connectivity index is 2.15. The number of carbonyl (C=O) groups is 3. The number of likely N-dealkylation sites (tertiary alicyclic amines) is 1. The summed E-state index contributed by atoms with van der Waals surface area (Å²) in [5.41, 5.74) is 1.68. The second kappa shape index (κ2) is 10.8. The minimum Gasteiger partial charge on any atom is -0.330 e. The SMILES string of the molecule is CCCCC(C(=O)N1CCC[C@H]1C(=O)Nc1ccc(Cl)c(Cl)c1)C(F)C(=O)NO. The van der Waals surface area contributed by atoms with E-state index in [-0.39, 0.29) is 18.0 Å². The van der Waals surface area contributed by atoms with Crippen LogP contribution in [0.1, 0.15) is 39.0 Å². The molecule has 2 rings (SSSR count). The van der Waals surface area contributed by atoms with Gasteiger partial charge in [-0.2, -0.15) is 0 Å². The predicted molar refractivity (Wildman–Crippen MR) is 108 cm³/mol. The van der Waals surface area contributed by atoms with Gasteiger partial charge in [0.1, 0.15) is 6.04 Å². The molecule has 1 heterocycles. The third-order valence-corrected chi connectivity index (χ3v) is 5.66. The maximum absolute atomic E-state index is 14.5. The summed E-state index contributed by atoms with van der Waals surface area (Å²) in [5.74, 6) is -3.57. The number of alkyl halides is 1. The van der Waals surface area contributed by atoms with Crippen LogP contribution in [0, 0.1) is 5.92 Å². The van der Waals surface area contributed by atoms with Gasteiger partial charge in [-0.05, 0) is 37.5 Å². The molecule has 160 valence electrons. The first-order chi connectivity index (χ1) is 13.8. The summed E-state index contributed by atoms with van der Waals surface area (Å²) in [6.07, 6.45) is 0.180. The normalized spacial score (nSPS) is 18.2. The molecule has 1 aliphatic rings. The molecule has 7 nitrogen and oxygen atoms in total. The third kappa shape index (κ3) is 5.81. The molecule has 3 amide bonds. The molecule has 3 atom stereocenters. The van der Waals surface area contributed by atoms with E-state index in [0.717, 1.165) is 0 Å². The number of hydroxylamine groups is 1. The van der Waals surface area contributed by atoms with Crippen LogP contribution in [0.15, 0.2) is 18.2 Å². The van der Waals surface area contributed by atoms with Crippen LogP contribution in [0.4, 0.5) is 10.1 Å². The average Bonchev–Trinajstić information content (AvgIpc) is 3.20. The van der Waals surface area contributed by atoms with Crippen molar-refractivity contribution in [2.45, 2.75) is 51.2 Å². The Morgan fingerprint density at radius 3 is 2.66 bits per heavy atom. The highest BCUT2D eigenvalue weighted by Gasteiger charge is 2.41. The quantitative estimate of drug-likeness (QED) is 0.418. The monoisotopic (exact) mass is 447 g/mol. The minimum atomic E-state index is -2.20. The van der Waals surface area contributed by atoms with Crippen LogP contribution >= 0.6 is 23.2 Å². The van der Waals surface area contributed by atoms with Gasteiger partial charge in [-0.25, -0.2) is 9.87 Å². The number of anilines is 1. The van der Waals surface area contributed by atoms with Gasteiger partial charge in [0.25, 0.3) is 5.91 Å². The van der Waals surface area contributed by atoms with E-state index in [0.29, 0.717) is 36.4 Å². The Hall–Kier alpha value is -1.90. The number of hydrogen-bond acceptors (Lipinski definition) is 4. The van der Waals surface area contributed by atoms with E-state index in [1.165, 1.54) is 16.4 Å². The van der Waals surface area contributed by atoms with Crippen molar-refractivity contribution in [3.05, 3.63) is 28.2 Å². The largest absolute Gasteiger partial charge is 0.330 e. The number of amides is 3. The summed E-state index contributed by atoms with van der Waals surface area (Å²) in [5, 5.41) is 12.0. The summed E-state index contributed by atoms with van der Waals surface area (Å²) in [6.45, 7) is 2.17. The molecular weight excluding hydrogens is 424 g/mol. The van der Waals surface area contributed by atoms with E-state index in [1.54, 1.807) is 12.1 Å². The lowest BCUT2D eigenvalue weighted by Crippen LogP contribution is -2.49. The van der Waals surface area contributed by atoms with Crippen LogP contribution in [0.25, 0.3) is 0 Å². The zero-order valence-electron chi connectivity index (χ0n) is 16.0. The molecule has 0 spiro atoms. The van der Waals surface area contributed by atoms with Crippen molar-refractivity contribution < 1.29 is 24.0 Å². The van der Waals surface area contributed by atoms with Gasteiger partial charge in [-0.1, -0.05) is 43.0 Å². The number of nitrogens with zero attached hydrogens (tertiary/aromatic N) is 1. The van der Waals surface area contributed by atoms with E-state index in [1.807, 2.05) is 6.92 Å². The fraction of sp³-hybridized carbons (Fsp3) is 0.526. The predicted octanol–water partition coefficient (Wildman–Crippen LogP) is 3.57. The summed E-state index contributed by atoms with van der Waals surface area (Å²) < 4.78 is 14.5. The zero-order valence-corrected chi connectivity index (χ0v) is 17.5. The Kier molecular flexibility index (Phi) is 8.67. The molecule has 10 heteroatoms. The molecule has 1 aliphatic heterocycles. The van der Waals surface area contributed by atoms with Crippen molar-refractivity contribution in [2.24, 2.45) is 5.92 Å². The summed E-state index contributed by atoms with van der Waals surface area (Å²) in [7, 11) is 0. The molecule has 0 bridgehead atoms. The highest BCUT2D eigenvalue weighted by molar-refractivity contribution is 6.42. The van der Waals surface area contributed by atoms with Crippen molar-refractivity contribution >= 4 is 46.6 Å². The van der Waals surface area contributed by atoms with Crippen LogP contribution in [0.3, 0.4) is 0 Å². The first-order valence-corrected chi connectivity index (χ1v) is 10.2. The Labute approximate surface area is 178 Å². The van der Waals surface area contributed by atoms with E-state index >= 15 is 0 Å². The van der Waals surface area contributed by atoms with E-state index < -0.39 is 35.9 Å². The molecule has 29 heavy (non-hydrogen) atoms. The number of nitrogens with one attached hydrogen (secondary N) is 2. The molecule has 1 aromatic rings. The molecule has 1 saturated heterocycles. The Bertz CT molecular complexity index is 765. The van der Waals surface area contributed by atoms with E-state index in [4.69, 9.17) is 28.4 Å². The molecule has 3 N–H and O–H groups in total. The molecule has 1 aromatic carbocycles. The zero-order chi connectivity index (χ0) is 21.6. The second-order valence-electron chi connectivity index (χ2n) is 6.93. The van der Waals surface area contributed by atoms with Crippen molar-refractivity contribution in [3.63, 3.8) is 0 Å². The number of benzene rings is 1. The number of halogens is 3. The van der Waals surface area contributed by atoms with Gasteiger partial charge in [-0.3, -0.25) is 19.6 Å². The van der Waals surface area contributed by atoms with Gasteiger partial charge >= 0.3 is 0 Å². The van der Waals surface area contributed by atoms with Crippen LogP contribution in [-0.4, -0.2) is 46.6 Å². The van der Waals surface area contributed by atoms with Crippen molar-refractivity contribution in [1.82, 2.24) is 10.4 Å². The lowest BCUT2D eigenvalue weighted by Gasteiger charge is -2.29. The summed E-state index contributed by atoms with van der Waals surface area (Å²) >= 11 is 11.8. The smallest absolute Gasteiger partial charge is 0.278 e. The van der Waals surface area contributed by atoms with Crippen molar-refractivity contribution in [2.75, 3.05) is 11.9 Å². The molecule has 2 unspecified atom stereocenters. The third-order valence-electron chi connectivity index (χ3n) is 4.93. The van der Waals surface area contributed by atoms with Gasteiger partial charge in [0, 0.05) is 12.2 Å². The molecular formula is C19H24Cl2FN3O4. The van der Waals surface area contributed by atoms with Crippen molar-refractivity contribution in [1.29, 1.82) is 0 Å². The molecule has 0 aliphatic carbocycles. The second-order valence-corrected chi connectivity index (χ2v) is 7.75. The lowest BCUT2D eigenvalue weighted by molar-refractivity contribution is -0.148. The lowest BCUT2D eigenvalue weighted by atomic mass is 9.94. The van der Waals surface area contributed by atoms with Crippen LogP contribution in [0.5, 0.6) is 0 Å². The fourth-order valence-electron chi connectivity index (χ4n) is 3.38. The van der Waals surface area contributed by atoms with Gasteiger partial charge in [0.2, 0.25) is 11.8 Å². The minimum absolute atomic E-state index is 0.140. The molecule has 0 radical (unpaired) electrons. The first kappa shape index (κ1) is 23.4. The molecule has 1 fully saturated rings. The van der Waals surface area contributed by atoms with Gasteiger partial charge < -0.3 is 10.2 Å². The maximum atomic E-state index is 14.5. The average molecular weight is 448 g/mol. The number of unbranched alkanes of at least 4 members (excludes halogenated alkanes) is 1. The van der Waals surface area contributed by atoms with E-state index in [9.17, 15) is 18.8 Å². The molecule has 0 saturated carbocycles. The highest BCUT2D eigenvalue weighted by Crippen LogP contribution is 2.28. The van der Waals surface area contributed by atoms with Crippen LogP contribution in [0.2, 0.25) is 10.0 Å². The van der Waals surface area contributed by atoms with Crippen LogP contribution < -0.4 is 10.8 Å². The highest BCUT2D eigenvalue weighted by atomic mass is 35.5. The maximum Gasteiger partial charge on any atom is 0.278 e. The van der Waals surface area contributed by atoms with Gasteiger partial charge in [0.15, 0.2) is 6.17 Å². The van der Waals surface area contributed by atoms with E-state index in [2.05, 4.69) is 5.32 Å². The summed E-state index contributed by atoms with van der Waals surface area (Å²) in [6, 6.07) is 3.83. The topological polar surface area (TPSA) is 98.7 Å². The standard InChI is InChI=1S/C19H24Cl2FN3O4/c1-2-3-5-12(16(22)18(27)24-29)19(28)25-9-4-6-15(25)17(26)23-11-7-8-13(20)14(21)10-11/h7-8,10,12,15-16,29H,2-6,9H2,1H3,(H,23,26)(H,24,27)/t12?,15-,16?/m0/s1. The number of rotatable bonds is 8. The van der Waals surface area contributed by atoms with Crippen LogP contribution in [-0.2, 0) is 14.4 Å². The first-order valence-electron chi connectivity index (χ1n) is 9.44. The number of hydrogen-bond donors (Lipinski definition) is 3. The van der Waals surface area contributed by atoms with Gasteiger partial charge in [0.05, 0.1) is 16.0 Å².